The maximum absolute atomic E-state index is 15.0. The van der Waals surface area contributed by atoms with Crippen molar-refractivity contribution in [1.29, 1.82) is 0 Å². The molecule has 3 heterocycles. The molecule has 0 aliphatic heterocycles. The molecular formula is C29H21F4N3O2. The third-order valence-electron chi connectivity index (χ3n) is 6.13. The Morgan fingerprint density at radius 3 is 2.34 bits per heavy atom. The highest BCUT2D eigenvalue weighted by atomic mass is 19.4. The van der Waals surface area contributed by atoms with Gasteiger partial charge in [0.25, 0.3) is 0 Å². The fraction of sp³-hybridized carbons (Fsp3) is 0.138. The molecule has 1 N–H and O–H groups in total. The van der Waals surface area contributed by atoms with Crippen molar-refractivity contribution in [1.82, 2.24) is 15.0 Å². The van der Waals surface area contributed by atoms with Gasteiger partial charge in [-0.2, -0.15) is 13.2 Å². The Hall–Kier alpha value is -4.53. The summed E-state index contributed by atoms with van der Waals surface area (Å²) in [4.78, 5) is 24.3. The first-order valence-electron chi connectivity index (χ1n) is 11.7. The Labute approximate surface area is 215 Å². The van der Waals surface area contributed by atoms with Gasteiger partial charge in [0.05, 0.1) is 12.7 Å². The lowest BCUT2D eigenvalue weighted by Gasteiger charge is -2.09. The lowest BCUT2D eigenvalue weighted by molar-refractivity contribution is -0.137. The molecule has 0 saturated carbocycles. The summed E-state index contributed by atoms with van der Waals surface area (Å²) in [5, 5.41) is 0.785. The largest absolute Gasteiger partial charge is 0.481 e. The normalized spacial score (nSPS) is 11.6. The number of fused-ring (bicyclic) bond motifs is 1. The van der Waals surface area contributed by atoms with Gasteiger partial charge in [-0.25, -0.2) is 14.4 Å². The highest BCUT2D eigenvalue weighted by Gasteiger charge is 2.30. The molecule has 3 aromatic heterocycles. The number of methoxy groups -OCH3 is 1. The van der Waals surface area contributed by atoms with Gasteiger partial charge in [-0.05, 0) is 41.5 Å². The molecule has 9 heteroatoms. The summed E-state index contributed by atoms with van der Waals surface area (Å²) in [7, 11) is 1.54. The summed E-state index contributed by atoms with van der Waals surface area (Å²) in [6.45, 7) is 0. The molecule has 0 bridgehead atoms. The summed E-state index contributed by atoms with van der Waals surface area (Å²) in [5.41, 5.74) is 3.06. The van der Waals surface area contributed by atoms with Gasteiger partial charge < -0.3 is 9.72 Å². The number of rotatable bonds is 7. The number of nitrogens with zero attached hydrogens (tertiary/aromatic N) is 2. The smallest absolute Gasteiger partial charge is 0.416 e. The van der Waals surface area contributed by atoms with Gasteiger partial charge >= 0.3 is 6.18 Å². The van der Waals surface area contributed by atoms with E-state index in [0.717, 1.165) is 28.8 Å². The van der Waals surface area contributed by atoms with Crippen molar-refractivity contribution in [2.75, 3.05) is 7.11 Å². The van der Waals surface area contributed by atoms with Gasteiger partial charge in [0, 0.05) is 59.1 Å². The molecule has 0 unspecified atom stereocenters. The Bertz CT molecular complexity index is 1630. The second-order valence-corrected chi connectivity index (χ2v) is 8.84. The minimum Gasteiger partial charge on any atom is -0.481 e. The fourth-order valence-electron chi connectivity index (χ4n) is 4.26. The standard InChI is InChI=1S/C29H21F4N3O2/c1-38-27-8-6-19(15-34-27)26-14-20-13-21(16-35-28(20)36-26)24-7-5-18(12-25(24)30)11-23(37)10-17-3-2-4-22(9-17)29(31,32)33/h2-9,12-16H,10-11H2,1H3,(H,35,36). The van der Waals surface area contributed by atoms with Gasteiger partial charge in [0.2, 0.25) is 5.88 Å². The third-order valence-corrected chi connectivity index (χ3v) is 6.13. The van der Waals surface area contributed by atoms with E-state index < -0.39 is 17.6 Å². The number of nitrogens with one attached hydrogen (secondary N) is 1. The van der Waals surface area contributed by atoms with Crippen molar-refractivity contribution >= 4 is 16.8 Å². The fourth-order valence-corrected chi connectivity index (χ4v) is 4.26. The van der Waals surface area contributed by atoms with E-state index in [9.17, 15) is 18.0 Å². The Kier molecular flexibility index (Phi) is 6.67. The van der Waals surface area contributed by atoms with E-state index in [1.165, 1.54) is 18.2 Å². The number of hydrogen-bond acceptors (Lipinski definition) is 4. The van der Waals surface area contributed by atoms with Crippen molar-refractivity contribution < 1.29 is 27.1 Å². The van der Waals surface area contributed by atoms with Crippen LogP contribution >= 0.6 is 0 Å². The van der Waals surface area contributed by atoms with E-state index >= 15 is 4.39 Å². The highest BCUT2D eigenvalue weighted by Crippen LogP contribution is 2.31. The number of hydrogen-bond donors (Lipinski definition) is 1. The van der Waals surface area contributed by atoms with Crippen LogP contribution in [0.3, 0.4) is 0 Å². The molecular weight excluding hydrogens is 498 g/mol. The number of ketones is 1. The Morgan fingerprint density at radius 2 is 1.66 bits per heavy atom. The van der Waals surface area contributed by atoms with E-state index in [1.807, 2.05) is 18.2 Å². The van der Waals surface area contributed by atoms with Gasteiger partial charge in [-0.3, -0.25) is 4.79 Å². The van der Waals surface area contributed by atoms with Crippen LogP contribution in [0.5, 0.6) is 5.88 Å². The van der Waals surface area contributed by atoms with E-state index in [0.29, 0.717) is 28.2 Å². The first-order valence-corrected chi connectivity index (χ1v) is 11.7. The minimum atomic E-state index is -4.48. The van der Waals surface area contributed by atoms with Crippen LogP contribution in [0.2, 0.25) is 0 Å². The first kappa shape index (κ1) is 25.1. The van der Waals surface area contributed by atoms with Crippen molar-refractivity contribution in [2.24, 2.45) is 0 Å². The minimum absolute atomic E-state index is 0.0954. The molecule has 5 rings (SSSR count). The van der Waals surface area contributed by atoms with Crippen LogP contribution in [0.25, 0.3) is 33.4 Å². The zero-order valence-corrected chi connectivity index (χ0v) is 20.1. The molecule has 0 aliphatic rings. The highest BCUT2D eigenvalue weighted by molar-refractivity contribution is 5.87. The predicted octanol–water partition coefficient (Wildman–Crippen LogP) is 6.81. The molecule has 5 aromatic rings. The number of alkyl halides is 3. The second-order valence-electron chi connectivity index (χ2n) is 8.84. The number of carbonyl (C=O) groups excluding carboxylic acids is 1. The van der Waals surface area contributed by atoms with E-state index in [2.05, 4.69) is 15.0 Å². The van der Waals surface area contributed by atoms with E-state index in [4.69, 9.17) is 4.74 Å². The maximum Gasteiger partial charge on any atom is 0.416 e. The number of aromatic nitrogens is 3. The van der Waals surface area contributed by atoms with Gasteiger partial charge in [-0.1, -0.05) is 30.3 Å². The quantitative estimate of drug-likeness (QED) is 0.240. The van der Waals surface area contributed by atoms with Gasteiger partial charge in [0.1, 0.15) is 17.2 Å². The topological polar surface area (TPSA) is 67.9 Å². The summed E-state index contributed by atoms with van der Waals surface area (Å²) in [5.74, 6) is -0.334. The van der Waals surface area contributed by atoms with Crippen LogP contribution < -0.4 is 4.74 Å². The number of benzene rings is 2. The molecule has 0 aliphatic carbocycles. The van der Waals surface area contributed by atoms with Crippen LogP contribution in [-0.2, 0) is 23.8 Å². The van der Waals surface area contributed by atoms with Crippen LogP contribution in [-0.4, -0.2) is 27.8 Å². The Balaban J connectivity index is 1.32. The summed E-state index contributed by atoms with van der Waals surface area (Å²) in [6, 6.07) is 16.5. The third kappa shape index (κ3) is 5.41. The monoisotopic (exact) mass is 519 g/mol. The predicted molar refractivity (Wildman–Crippen MR) is 135 cm³/mol. The average molecular weight is 519 g/mol. The number of aromatic amines is 1. The zero-order chi connectivity index (χ0) is 26.9. The second kappa shape index (κ2) is 10.1. The number of Topliss-reactive ketones (excluding diaryl/α,β-unsaturated/α-hetero) is 1. The SMILES string of the molecule is COc1ccc(-c2cc3cc(-c4ccc(CC(=O)Cc5cccc(C(F)(F)F)c5)cc4F)cnc3[nH]2)cn1. The van der Waals surface area contributed by atoms with Gasteiger partial charge in [0.15, 0.2) is 0 Å². The Morgan fingerprint density at radius 1 is 0.895 bits per heavy atom. The van der Waals surface area contributed by atoms with Crippen molar-refractivity contribution in [3.05, 3.63) is 102 Å². The van der Waals surface area contributed by atoms with Gasteiger partial charge in [-0.15, -0.1) is 0 Å². The average Bonchev–Trinajstić information content (AvgIpc) is 3.32. The molecule has 0 fully saturated rings. The van der Waals surface area contributed by atoms with Crippen LogP contribution in [0.1, 0.15) is 16.7 Å². The lowest BCUT2D eigenvalue weighted by atomic mass is 9.98. The van der Waals surface area contributed by atoms with E-state index in [1.54, 1.807) is 37.7 Å². The van der Waals surface area contributed by atoms with Crippen molar-refractivity contribution in [3.8, 4) is 28.3 Å². The molecule has 38 heavy (non-hydrogen) atoms. The molecule has 192 valence electrons. The lowest BCUT2D eigenvalue weighted by Crippen LogP contribution is -2.09. The molecule has 0 amide bonds. The van der Waals surface area contributed by atoms with Crippen LogP contribution in [0, 0.1) is 5.82 Å². The van der Waals surface area contributed by atoms with Crippen LogP contribution in [0.15, 0.2) is 79.1 Å². The maximum atomic E-state index is 15.0. The van der Waals surface area contributed by atoms with Crippen molar-refractivity contribution in [2.45, 2.75) is 19.0 Å². The summed E-state index contributed by atoms with van der Waals surface area (Å²) in [6.07, 6.45) is -1.51. The van der Waals surface area contributed by atoms with Crippen molar-refractivity contribution in [3.63, 3.8) is 0 Å². The number of carbonyl (C=O) groups is 1. The number of halogens is 4. The molecule has 5 nitrogen and oxygen atoms in total. The zero-order valence-electron chi connectivity index (χ0n) is 20.1. The molecule has 0 saturated heterocycles. The number of H-pyrrole nitrogens is 1. The first-order chi connectivity index (χ1) is 18.2. The summed E-state index contributed by atoms with van der Waals surface area (Å²) >= 11 is 0. The molecule has 0 radical (unpaired) electrons. The molecule has 0 spiro atoms. The van der Waals surface area contributed by atoms with Crippen LogP contribution in [0.4, 0.5) is 17.6 Å². The number of ether oxygens (including phenoxy) is 1. The number of pyridine rings is 2. The molecule has 0 atom stereocenters. The summed E-state index contributed by atoms with van der Waals surface area (Å²) < 4.78 is 58.9. The molecule has 2 aromatic carbocycles. The van der Waals surface area contributed by atoms with E-state index in [-0.39, 0.29) is 24.2 Å².